The van der Waals surface area contributed by atoms with Crippen LogP contribution in [0.5, 0.6) is 0 Å². The van der Waals surface area contributed by atoms with Crippen molar-refractivity contribution in [2.75, 3.05) is 50.2 Å². The van der Waals surface area contributed by atoms with E-state index in [9.17, 15) is 0 Å². The first-order chi connectivity index (χ1) is 28.4. The quantitative estimate of drug-likeness (QED) is 0.104. The first kappa shape index (κ1) is 43.2. The number of hydrogen-bond acceptors (Lipinski definition) is 12. The molecule has 2 N–H and O–H groups in total. The van der Waals surface area contributed by atoms with Crippen LogP contribution in [-0.4, -0.2) is 101 Å². The molecule has 6 heterocycles. The van der Waals surface area contributed by atoms with Crippen molar-refractivity contribution in [2.45, 2.75) is 155 Å². The van der Waals surface area contributed by atoms with Crippen LogP contribution >= 0.6 is 23.2 Å². The molecule has 0 aromatic carbocycles. The third-order valence-electron chi connectivity index (χ3n) is 12.8. The van der Waals surface area contributed by atoms with E-state index in [0.29, 0.717) is 47.8 Å². The predicted octanol–water partition coefficient (Wildman–Crippen LogP) is 9.68. The van der Waals surface area contributed by atoms with Crippen molar-refractivity contribution >= 4 is 57.2 Å². The Morgan fingerprint density at radius 1 is 0.586 bits per heavy atom. The summed E-state index contributed by atoms with van der Waals surface area (Å²) in [5.74, 6) is 2.68. The smallest absolute Gasteiger partial charge is 0.226 e. The van der Waals surface area contributed by atoms with Crippen LogP contribution in [0, 0.1) is 11.8 Å². The van der Waals surface area contributed by atoms with Gasteiger partial charge in [-0.3, -0.25) is 0 Å². The van der Waals surface area contributed by atoms with Crippen LogP contribution in [0.15, 0.2) is 12.7 Å². The van der Waals surface area contributed by atoms with E-state index in [1.807, 2.05) is 12.7 Å². The number of halogens is 2. The van der Waals surface area contributed by atoms with Crippen molar-refractivity contribution in [1.82, 2.24) is 49.1 Å². The monoisotopic (exact) mass is 840 g/mol. The number of aromatic nitrogens is 8. The number of hydrazine groups is 2. The number of imidazole rings is 2. The molecule has 8 rings (SSSR count). The predicted molar refractivity (Wildman–Crippen MR) is 232 cm³/mol. The van der Waals surface area contributed by atoms with E-state index >= 15 is 0 Å². The molecule has 2 unspecified atom stereocenters. The maximum Gasteiger partial charge on any atom is 0.226 e. The maximum absolute atomic E-state index is 6.27. The summed E-state index contributed by atoms with van der Waals surface area (Å²) in [5.41, 5.74) is 10.2. The summed E-state index contributed by atoms with van der Waals surface area (Å²) < 4.78 is 16.4. The molecular formula is C42H66Cl2N12O2. The lowest BCUT2D eigenvalue weighted by Gasteiger charge is -2.36. The van der Waals surface area contributed by atoms with Crippen LogP contribution in [0.25, 0.3) is 22.3 Å². The van der Waals surface area contributed by atoms with Crippen LogP contribution in [0.3, 0.4) is 0 Å². The molecule has 0 bridgehead atoms. The zero-order valence-corrected chi connectivity index (χ0v) is 36.7. The molecule has 4 aromatic rings. The number of anilines is 2. The molecule has 2 aliphatic heterocycles. The molecule has 4 aliphatic rings. The van der Waals surface area contributed by atoms with Gasteiger partial charge in [0, 0.05) is 51.5 Å². The molecule has 4 fully saturated rings. The van der Waals surface area contributed by atoms with Crippen molar-refractivity contribution < 1.29 is 9.47 Å². The number of hydrogen-bond donors (Lipinski definition) is 2. The number of ether oxygens (including phenoxy) is 2. The van der Waals surface area contributed by atoms with Crippen molar-refractivity contribution in [3.05, 3.63) is 23.2 Å². The molecular weight excluding hydrogens is 775 g/mol. The van der Waals surface area contributed by atoms with E-state index in [0.717, 1.165) is 100 Å². The van der Waals surface area contributed by atoms with Crippen molar-refractivity contribution in [3.63, 3.8) is 0 Å². The lowest BCUT2D eigenvalue weighted by atomic mass is 9.89. The average Bonchev–Trinajstić information content (AvgIpc) is 4.07. The van der Waals surface area contributed by atoms with Crippen molar-refractivity contribution in [2.24, 2.45) is 11.8 Å². The first-order valence-electron chi connectivity index (χ1n) is 22.4. The number of rotatable bonds is 16. The number of piperidine rings is 2. The van der Waals surface area contributed by atoms with Gasteiger partial charge in [-0.1, -0.05) is 52.4 Å². The van der Waals surface area contributed by atoms with Gasteiger partial charge < -0.3 is 29.5 Å². The average molecular weight is 842 g/mol. The minimum absolute atomic E-state index is 0.272. The molecule has 2 atom stereocenters. The molecule has 0 amide bonds. The Morgan fingerprint density at radius 2 is 0.966 bits per heavy atom. The fourth-order valence-corrected chi connectivity index (χ4v) is 10.1. The Kier molecular flexibility index (Phi) is 15.7. The van der Waals surface area contributed by atoms with Gasteiger partial charge in [-0.05, 0) is 113 Å². The van der Waals surface area contributed by atoms with Gasteiger partial charge >= 0.3 is 0 Å². The van der Waals surface area contributed by atoms with Crippen LogP contribution in [-0.2, 0) is 9.47 Å². The highest BCUT2D eigenvalue weighted by molar-refractivity contribution is 6.29. The molecule has 320 valence electrons. The summed E-state index contributed by atoms with van der Waals surface area (Å²) >= 11 is 12.5. The molecule has 2 saturated heterocycles. The van der Waals surface area contributed by atoms with Gasteiger partial charge in [0.25, 0.3) is 0 Å². The van der Waals surface area contributed by atoms with Crippen LogP contribution in [0.2, 0.25) is 10.6 Å². The van der Waals surface area contributed by atoms with E-state index in [-0.39, 0.29) is 10.6 Å². The summed E-state index contributed by atoms with van der Waals surface area (Å²) in [6.45, 7) is 14.1. The van der Waals surface area contributed by atoms with Gasteiger partial charge in [0.1, 0.15) is 0 Å². The fraction of sp³-hybridized carbons (Fsp3) is 0.762. The topological polar surface area (TPSA) is 136 Å². The zero-order chi connectivity index (χ0) is 40.4. The molecule has 4 aromatic heterocycles. The highest BCUT2D eigenvalue weighted by Crippen LogP contribution is 2.35. The number of fused-ring (bicyclic) bond motifs is 2. The largest absolute Gasteiger partial charge is 0.378 e. The van der Waals surface area contributed by atoms with Gasteiger partial charge in [-0.25, -0.2) is 20.0 Å². The normalized spacial score (nSPS) is 20.5. The van der Waals surface area contributed by atoms with Crippen LogP contribution in [0.1, 0.15) is 143 Å². The summed E-state index contributed by atoms with van der Waals surface area (Å²) in [7, 11) is 0. The SMILES string of the molecule is CCCC(OCC)C1CCN(Nc2nc(Cl)nc3c2ncn3C2CCCC2)CC1.CCCC(OCC)C1CCN(Nc2nc(Cl)nc3c2ncn3C2CCCC2)CC1. The van der Waals surface area contributed by atoms with E-state index in [4.69, 9.17) is 32.7 Å². The van der Waals surface area contributed by atoms with Gasteiger partial charge in [-0.15, -0.1) is 0 Å². The highest BCUT2D eigenvalue weighted by atomic mass is 35.5. The molecule has 14 nitrogen and oxygen atoms in total. The molecule has 0 radical (unpaired) electrons. The Morgan fingerprint density at radius 3 is 1.31 bits per heavy atom. The summed E-state index contributed by atoms with van der Waals surface area (Å²) in [6, 6.07) is 0.951. The third-order valence-corrected chi connectivity index (χ3v) is 13.1. The lowest BCUT2D eigenvalue weighted by Crippen LogP contribution is -2.41. The van der Waals surface area contributed by atoms with Crippen molar-refractivity contribution in [3.8, 4) is 0 Å². The van der Waals surface area contributed by atoms with E-state index in [1.54, 1.807) is 0 Å². The molecule has 2 aliphatic carbocycles. The molecule has 2 saturated carbocycles. The number of nitrogens with one attached hydrogen (secondary N) is 2. The van der Waals surface area contributed by atoms with Gasteiger partial charge in [0.2, 0.25) is 10.6 Å². The van der Waals surface area contributed by atoms with Gasteiger partial charge in [0.05, 0.1) is 24.9 Å². The maximum atomic E-state index is 6.27. The Bertz CT molecular complexity index is 1720. The second-order valence-electron chi connectivity index (χ2n) is 16.6. The number of nitrogens with zero attached hydrogens (tertiary/aromatic N) is 10. The molecule has 0 spiro atoms. The Balaban J connectivity index is 0.000000177. The third kappa shape index (κ3) is 10.5. The van der Waals surface area contributed by atoms with Gasteiger partial charge in [-0.2, -0.15) is 19.9 Å². The molecule has 58 heavy (non-hydrogen) atoms. The minimum atomic E-state index is 0.272. The standard InChI is InChI=1S/2C21H33ClN6O/c2*1-3-7-17(29-4-2)15-10-12-27(13-11-15)26-19-18-20(25-21(22)24-19)28(14-23-18)16-8-5-6-9-16/h2*14-17H,3-13H2,1-2H3,(H,24,25,26). The van der Waals surface area contributed by atoms with Crippen LogP contribution < -0.4 is 10.9 Å². The highest BCUT2D eigenvalue weighted by Gasteiger charge is 2.30. The van der Waals surface area contributed by atoms with E-state index < -0.39 is 0 Å². The summed E-state index contributed by atoms with van der Waals surface area (Å²) in [5, 5.41) is 5.01. The zero-order valence-electron chi connectivity index (χ0n) is 35.2. The fourth-order valence-electron chi connectivity index (χ4n) is 9.81. The van der Waals surface area contributed by atoms with E-state index in [2.05, 4.69) is 87.6 Å². The molecule has 16 heteroatoms. The van der Waals surface area contributed by atoms with Gasteiger partial charge in [0.15, 0.2) is 34.0 Å². The Hall–Kier alpha value is -2.88. The van der Waals surface area contributed by atoms with Crippen LogP contribution in [0.4, 0.5) is 11.6 Å². The first-order valence-corrected chi connectivity index (χ1v) is 23.2. The van der Waals surface area contributed by atoms with Crippen molar-refractivity contribution in [1.29, 1.82) is 0 Å². The summed E-state index contributed by atoms with van der Waals surface area (Å²) in [4.78, 5) is 27.1. The lowest BCUT2D eigenvalue weighted by molar-refractivity contribution is -0.00631. The Labute approximate surface area is 354 Å². The summed E-state index contributed by atoms with van der Waals surface area (Å²) in [6.07, 6.45) is 23.5. The van der Waals surface area contributed by atoms with E-state index in [1.165, 1.54) is 64.2 Å². The second kappa shape index (κ2) is 21.1. The second-order valence-corrected chi connectivity index (χ2v) is 17.3. The minimum Gasteiger partial charge on any atom is -0.378 e.